The molecule has 0 aliphatic carbocycles. The largest absolute Gasteiger partial charge is 0.412 e. The first-order chi connectivity index (χ1) is 11.1. The van der Waals surface area contributed by atoms with Gasteiger partial charge in [-0.1, -0.05) is 39.0 Å². The van der Waals surface area contributed by atoms with E-state index in [2.05, 4.69) is 45.4 Å². The third-order valence-electron chi connectivity index (χ3n) is 4.89. The highest BCUT2D eigenvalue weighted by Crippen LogP contribution is 2.38. The van der Waals surface area contributed by atoms with Crippen LogP contribution in [0.15, 0.2) is 30.3 Å². The van der Waals surface area contributed by atoms with Crippen LogP contribution in [-0.4, -0.2) is 37.9 Å². The molecule has 1 N–H and O–H groups in total. The number of hydrogen-bond acceptors (Lipinski definition) is 4. The highest BCUT2D eigenvalue weighted by atomic mass is 28.4. The molecule has 0 bridgehead atoms. The number of carbonyl (C=O) groups is 1. The fraction of sp³-hybridized carbons (Fsp3) is 0.556. The lowest BCUT2D eigenvalue weighted by Crippen LogP contribution is -2.59. The van der Waals surface area contributed by atoms with Crippen LogP contribution >= 0.6 is 0 Å². The van der Waals surface area contributed by atoms with Gasteiger partial charge in [0.05, 0.1) is 18.7 Å². The summed E-state index contributed by atoms with van der Waals surface area (Å²) in [7, 11) is -1.95. The van der Waals surface area contributed by atoms with Crippen molar-refractivity contribution in [3.8, 4) is 6.07 Å². The maximum atomic E-state index is 12.7. The summed E-state index contributed by atoms with van der Waals surface area (Å²) >= 11 is 0. The number of nitriles is 1. The third kappa shape index (κ3) is 4.23. The summed E-state index contributed by atoms with van der Waals surface area (Å²) < 4.78 is 6.45. The van der Waals surface area contributed by atoms with Crippen molar-refractivity contribution in [2.45, 2.75) is 57.5 Å². The van der Waals surface area contributed by atoms with Gasteiger partial charge in [0.2, 0.25) is 0 Å². The topological polar surface area (TPSA) is 65.4 Å². The van der Waals surface area contributed by atoms with Gasteiger partial charge in [0, 0.05) is 12.0 Å². The smallest absolute Gasteiger partial charge is 0.268 e. The van der Waals surface area contributed by atoms with Gasteiger partial charge < -0.3 is 4.43 Å². The average molecular weight is 346 g/mol. The molecule has 2 rings (SSSR count). The molecule has 1 aliphatic heterocycles. The number of carbonyl (C=O) groups excluding carboxylic acids is 1. The molecule has 0 saturated carbocycles. The zero-order valence-electron chi connectivity index (χ0n) is 15.2. The van der Waals surface area contributed by atoms with Gasteiger partial charge in [-0.2, -0.15) is 5.26 Å². The zero-order valence-corrected chi connectivity index (χ0v) is 16.2. The number of benzene rings is 1. The Balaban J connectivity index is 2.15. The van der Waals surface area contributed by atoms with Crippen LogP contribution in [0.1, 0.15) is 37.6 Å². The van der Waals surface area contributed by atoms with Crippen LogP contribution in [0, 0.1) is 11.3 Å². The molecule has 5 nitrogen and oxygen atoms in total. The van der Waals surface area contributed by atoms with E-state index in [0.717, 1.165) is 0 Å². The van der Waals surface area contributed by atoms with Gasteiger partial charge in [0.1, 0.15) is 6.04 Å². The standard InChI is InChI=1S/C18H27N3O2Si/c1-18(2,3)24(4,5)23-16-11-15(12-19)20-21(13-16)17(22)14-9-7-6-8-10-14/h6-10,15-16,20H,11,13H2,1-5H3/t15-,16-/m0/s1. The summed E-state index contributed by atoms with van der Waals surface area (Å²) in [6.07, 6.45) is 0.478. The summed E-state index contributed by atoms with van der Waals surface area (Å²) in [5.74, 6) is -0.126. The highest BCUT2D eigenvalue weighted by molar-refractivity contribution is 6.74. The van der Waals surface area contributed by atoms with Crippen molar-refractivity contribution in [1.82, 2.24) is 10.4 Å². The Bertz CT molecular complexity index is 619. The molecule has 130 valence electrons. The van der Waals surface area contributed by atoms with E-state index in [9.17, 15) is 10.1 Å². The first-order valence-electron chi connectivity index (χ1n) is 8.34. The lowest BCUT2D eigenvalue weighted by atomic mass is 10.1. The monoisotopic (exact) mass is 345 g/mol. The van der Waals surface area contributed by atoms with Crippen LogP contribution in [0.4, 0.5) is 0 Å². The van der Waals surface area contributed by atoms with Crippen molar-refractivity contribution < 1.29 is 9.22 Å². The quantitative estimate of drug-likeness (QED) is 0.854. The zero-order chi connectivity index (χ0) is 18.0. The van der Waals surface area contributed by atoms with Gasteiger partial charge in [-0.15, -0.1) is 0 Å². The molecule has 1 heterocycles. The minimum Gasteiger partial charge on any atom is -0.412 e. The summed E-state index contributed by atoms with van der Waals surface area (Å²) in [5, 5.41) is 11.0. The summed E-state index contributed by atoms with van der Waals surface area (Å²) in [6.45, 7) is 11.4. The molecule has 2 atom stereocenters. The number of hydrogen-bond donors (Lipinski definition) is 1. The number of nitrogens with zero attached hydrogens (tertiary/aromatic N) is 2. The Morgan fingerprint density at radius 1 is 1.33 bits per heavy atom. The minimum absolute atomic E-state index is 0.0916. The first kappa shape index (κ1) is 18.7. The number of amides is 1. The van der Waals surface area contributed by atoms with Crippen LogP contribution in [0.5, 0.6) is 0 Å². The van der Waals surface area contributed by atoms with Gasteiger partial charge in [0.25, 0.3) is 5.91 Å². The van der Waals surface area contributed by atoms with E-state index in [1.807, 2.05) is 18.2 Å². The van der Waals surface area contributed by atoms with Crippen LogP contribution in [0.2, 0.25) is 18.1 Å². The molecule has 1 fully saturated rings. The molecule has 0 aromatic heterocycles. The first-order valence-corrected chi connectivity index (χ1v) is 11.3. The van der Waals surface area contributed by atoms with Crippen molar-refractivity contribution in [3.05, 3.63) is 35.9 Å². The maximum Gasteiger partial charge on any atom is 0.268 e. The molecular weight excluding hydrogens is 318 g/mol. The average Bonchev–Trinajstić information content (AvgIpc) is 2.53. The van der Waals surface area contributed by atoms with Crippen LogP contribution in [0.25, 0.3) is 0 Å². The Morgan fingerprint density at radius 3 is 2.50 bits per heavy atom. The molecule has 1 aliphatic rings. The van der Waals surface area contributed by atoms with Gasteiger partial charge in [-0.3, -0.25) is 9.80 Å². The predicted molar refractivity (Wildman–Crippen MR) is 96.7 cm³/mol. The second kappa shape index (κ2) is 7.05. The summed E-state index contributed by atoms with van der Waals surface area (Å²) in [6, 6.07) is 10.9. The van der Waals surface area contributed by atoms with Crippen molar-refractivity contribution >= 4 is 14.2 Å². The van der Waals surface area contributed by atoms with Crippen molar-refractivity contribution in [1.29, 1.82) is 5.26 Å². The summed E-state index contributed by atoms with van der Waals surface area (Å²) in [4.78, 5) is 12.7. The van der Waals surface area contributed by atoms with Crippen LogP contribution in [-0.2, 0) is 4.43 Å². The maximum absolute atomic E-state index is 12.7. The van der Waals surface area contributed by atoms with E-state index < -0.39 is 14.4 Å². The second-order valence-electron chi connectivity index (χ2n) is 7.83. The molecule has 1 saturated heterocycles. The molecule has 1 aromatic rings. The Hall–Kier alpha value is -1.68. The lowest BCUT2D eigenvalue weighted by molar-refractivity contribution is 0.0240. The Kier molecular flexibility index (Phi) is 5.48. The summed E-state index contributed by atoms with van der Waals surface area (Å²) in [5.41, 5.74) is 3.62. The fourth-order valence-electron chi connectivity index (χ4n) is 2.47. The molecule has 0 radical (unpaired) electrons. The van der Waals surface area contributed by atoms with Crippen molar-refractivity contribution in [2.75, 3.05) is 6.54 Å². The van der Waals surface area contributed by atoms with Crippen molar-refractivity contribution in [2.24, 2.45) is 0 Å². The number of rotatable bonds is 3. The molecule has 1 amide bonds. The number of hydrazine groups is 1. The molecule has 24 heavy (non-hydrogen) atoms. The molecule has 6 heteroatoms. The van der Waals surface area contributed by atoms with E-state index in [1.165, 1.54) is 5.01 Å². The van der Waals surface area contributed by atoms with E-state index in [-0.39, 0.29) is 17.0 Å². The van der Waals surface area contributed by atoms with E-state index in [1.54, 1.807) is 12.1 Å². The normalized spacial score (nSPS) is 22.1. The van der Waals surface area contributed by atoms with Gasteiger partial charge in [-0.25, -0.2) is 5.43 Å². The SMILES string of the molecule is CC(C)(C)[Si](C)(C)O[C@H]1C[C@@H](C#N)NN(C(=O)c2ccccc2)C1. The van der Waals surface area contributed by atoms with Crippen LogP contribution in [0.3, 0.4) is 0 Å². The highest BCUT2D eigenvalue weighted by Gasteiger charge is 2.41. The van der Waals surface area contributed by atoms with Gasteiger partial charge in [-0.05, 0) is 30.3 Å². The van der Waals surface area contributed by atoms with E-state index in [4.69, 9.17) is 4.43 Å². The van der Waals surface area contributed by atoms with Crippen LogP contribution < -0.4 is 5.43 Å². The lowest BCUT2D eigenvalue weighted by Gasteiger charge is -2.43. The predicted octanol–water partition coefficient (Wildman–Crippen LogP) is 3.32. The third-order valence-corrected chi connectivity index (χ3v) is 9.42. The van der Waals surface area contributed by atoms with E-state index in [0.29, 0.717) is 18.5 Å². The van der Waals surface area contributed by atoms with Crippen molar-refractivity contribution in [3.63, 3.8) is 0 Å². The second-order valence-corrected chi connectivity index (χ2v) is 12.6. The van der Waals surface area contributed by atoms with Gasteiger partial charge >= 0.3 is 0 Å². The minimum atomic E-state index is -1.95. The molecular formula is C18H27N3O2Si. The number of nitrogens with one attached hydrogen (secondary N) is 1. The van der Waals surface area contributed by atoms with E-state index >= 15 is 0 Å². The Morgan fingerprint density at radius 2 is 1.96 bits per heavy atom. The Labute approximate surface area is 145 Å². The molecule has 1 aromatic carbocycles. The molecule has 0 unspecified atom stereocenters. The van der Waals surface area contributed by atoms with Gasteiger partial charge in [0.15, 0.2) is 8.32 Å². The fourth-order valence-corrected chi connectivity index (χ4v) is 3.83. The molecule has 0 spiro atoms.